The highest BCUT2D eigenvalue weighted by atomic mass is 16.6. The quantitative estimate of drug-likeness (QED) is 0.362. The summed E-state index contributed by atoms with van der Waals surface area (Å²) in [6.45, 7) is 10.2. The molecule has 0 radical (unpaired) electrons. The van der Waals surface area contributed by atoms with Crippen LogP contribution in [0.25, 0.3) is 11.0 Å². The summed E-state index contributed by atoms with van der Waals surface area (Å²) in [5, 5.41) is 7.45. The van der Waals surface area contributed by atoms with Crippen LogP contribution >= 0.6 is 0 Å². The predicted octanol–water partition coefficient (Wildman–Crippen LogP) is 3.89. The van der Waals surface area contributed by atoms with E-state index in [1.165, 1.54) is 6.33 Å². The normalized spacial score (nSPS) is 19.9. The number of H-pyrrole nitrogens is 1. The molecule has 3 aromatic rings. The van der Waals surface area contributed by atoms with Gasteiger partial charge in [-0.1, -0.05) is 24.3 Å². The Morgan fingerprint density at radius 1 is 0.976 bits per heavy atom. The lowest BCUT2D eigenvalue weighted by atomic mass is 9.91. The highest BCUT2D eigenvalue weighted by Crippen LogP contribution is 2.29. The molecular weight excluding hydrogens is 534 g/mol. The van der Waals surface area contributed by atoms with Crippen molar-refractivity contribution in [2.75, 3.05) is 38.0 Å². The van der Waals surface area contributed by atoms with Gasteiger partial charge >= 0.3 is 6.09 Å². The molecule has 1 aliphatic heterocycles. The molecule has 224 valence electrons. The maximum Gasteiger partial charge on any atom is 0.410 e. The molecule has 0 atom stereocenters. The highest BCUT2D eigenvalue weighted by molar-refractivity contribution is 6.18. The summed E-state index contributed by atoms with van der Waals surface area (Å²) < 4.78 is 5.46. The van der Waals surface area contributed by atoms with Gasteiger partial charge in [0.1, 0.15) is 23.4 Å². The molecule has 2 fully saturated rings. The molecule has 11 heteroatoms. The zero-order valence-electron chi connectivity index (χ0n) is 24.9. The van der Waals surface area contributed by atoms with Crippen LogP contribution in [0.3, 0.4) is 0 Å². The Hall–Kier alpha value is -3.99. The number of piperazine rings is 1. The minimum absolute atomic E-state index is 0.0151. The van der Waals surface area contributed by atoms with Crippen molar-refractivity contribution < 1.29 is 19.1 Å². The Balaban J connectivity index is 1.11. The van der Waals surface area contributed by atoms with E-state index in [4.69, 9.17) is 4.74 Å². The van der Waals surface area contributed by atoms with Crippen LogP contribution in [0.2, 0.25) is 0 Å². The molecule has 0 unspecified atom stereocenters. The summed E-state index contributed by atoms with van der Waals surface area (Å²) >= 11 is 0. The van der Waals surface area contributed by atoms with Crippen molar-refractivity contribution in [2.24, 2.45) is 0 Å². The lowest BCUT2D eigenvalue weighted by molar-refractivity contribution is -0.123. The predicted molar refractivity (Wildman–Crippen MR) is 161 cm³/mol. The summed E-state index contributed by atoms with van der Waals surface area (Å²) in [7, 11) is 0. The van der Waals surface area contributed by atoms with Gasteiger partial charge in [0, 0.05) is 50.0 Å². The molecular formula is C31H41N7O4. The number of fused-ring (bicyclic) bond motifs is 1. The van der Waals surface area contributed by atoms with Crippen molar-refractivity contribution in [2.45, 2.75) is 71.1 Å². The minimum atomic E-state index is -0.519. The number of rotatable bonds is 7. The monoisotopic (exact) mass is 575 g/mol. The van der Waals surface area contributed by atoms with E-state index in [1.807, 2.05) is 52.0 Å². The van der Waals surface area contributed by atoms with Gasteiger partial charge in [-0.3, -0.25) is 14.5 Å². The van der Waals surface area contributed by atoms with Crippen LogP contribution in [0.15, 0.2) is 36.8 Å². The molecule has 2 aromatic heterocycles. The molecule has 1 aliphatic carbocycles. The minimum Gasteiger partial charge on any atom is -0.444 e. The number of carbonyl (C=O) groups is 3. The number of benzene rings is 1. The topological polar surface area (TPSA) is 133 Å². The van der Waals surface area contributed by atoms with Crippen LogP contribution in [0, 0.1) is 6.92 Å². The van der Waals surface area contributed by atoms with Crippen molar-refractivity contribution in [1.29, 1.82) is 0 Å². The zero-order chi connectivity index (χ0) is 29.9. The summed E-state index contributed by atoms with van der Waals surface area (Å²) in [6, 6.07) is 7.86. The molecule has 2 aliphatic rings. The first-order chi connectivity index (χ1) is 20.1. The van der Waals surface area contributed by atoms with E-state index in [-0.39, 0.29) is 29.9 Å². The number of ketones is 1. The van der Waals surface area contributed by atoms with Crippen molar-refractivity contribution in [3.05, 3.63) is 53.5 Å². The Kier molecular flexibility index (Phi) is 8.77. The fourth-order valence-corrected chi connectivity index (χ4v) is 5.69. The molecule has 0 bridgehead atoms. The summed E-state index contributed by atoms with van der Waals surface area (Å²) in [5.74, 6) is 0.604. The number of nitrogens with one attached hydrogen (secondary N) is 3. The van der Waals surface area contributed by atoms with Crippen LogP contribution in [0.5, 0.6) is 0 Å². The summed E-state index contributed by atoms with van der Waals surface area (Å²) in [6.07, 6.45) is 6.36. The van der Waals surface area contributed by atoms with Crippen LogP contribution in [-0.4, -0.2) is 92.9 Å². The second-order valence-electron chi connectivity index (χ2n) is 12.3. The Morgan fingerprint density at radius 3 is 2.36 bits per heavy atom. The molecule has 1 aromatic carbocycles. The molecule has 3 N–H and O–H groups in total. The van der Waals surface area contributed by atoms with E-state index in [1.54, 1.807) is 11.1 Å². The second-order valence-corrected chi connectivity index (χ2v) is 12.3. The average Bonchev–Trinajstić information content (AvgIpc) is 3.39. The largest absolute Gasteiger partial charge is 0.444 e. The number of anilines is 1. The Labute approximate surface area is 246 Å². The number of aryl methyl sites for hydroxylation is 1. The van der Waals surface area contributed by atoms with Gasteiger partial charge < -0.3 is 25.3 Å². The van der Waals surface area contributed by atoms with Crippen LogP contribution in [0.1, 0.15) is 67.9 Å². The van der Waals surface area contributed by atoms with Gasteiger partial charge in [0.05, 0.1) is 17.5 Å². The molecule has 1 saturated carbocycles. The molecule has 11 nitrogen and oxygen atoms in total. The number of nitrogens with zero attached hydrogens (tertiary/aromatic N) is 4. The fourth-order valence-electron chi connectivity index (χ4n) is 5.69. The first-order valence-corrected chi connectivity index (χ1v) is 14.8. The number of hydrogen-bond donors (Lipinski definition) is 3. The number of aromatic amines is 1. The maximum absolute atomic E-state index is 13.4. The first-order valence-electron chi connectivity index (χ1n) is 14.8. The van der Waals surface area contributed by atoms with Gasteiger partial charge in [-0.05, 0) is 58.9 Å². The Bertz CT molecular complexity index is 1430. The second kappa shape index (κ2) is 12.5. The maximum atomic E-state index is 13.4. The van der Waals surface area contributed by atoms with Gasteiger partial charge in [0.2, 0.25) is 5.91 Å². The smallest absolute Gasteiger partial charge is 0.410 e. The van der Waals surface area contributed by atoms with Gasteiger partial charge in [0.25, 0.3) is 0 Å². The third-order valence-electron chi connectivity index (χ3n) is 7.93. The number of hydrogen-bond acceptors (Lipinski definition) is 8. The van der Waals surface area contributed by atoms with E-state index in [2.05, 4.69) is 30.5 Å². The van der Waals surface area contributed by atoms with Crippen LogP contribution < -0.4 is 10.6 Å². The number of carbonyl (C=O) groups excluding carboxylic acids is 3. The number of ether oxygens (including phenoxy) is 1. The SMILES string of the molecule is Cc1ccccc1C(=O)c1c[nH]c2ncnc(NC3CCC(NC(=O)CN4CCN(C(=O)OC(C)(C)C)CC4)CC3)c12. The molecule has 3 heterocycles. The van der Waals surface area contributed by atoms with Gasteiger partial charge in [0.15, 0.2) is 5.78 Å². The molecule has 42 heavy (non-hydrogen) atoms. The standard InChI is InChI=1S/C31H41N7O4/c1-20-7-5-6-8-23(20)27(40)24-17-32-28-26(24)29(34-19-33-28)36-22-11-9-21(10-12-22)35-25(39)18-37-13-15-38(16-14-37)30(41)42-31(2,3)4/h5-8,17,19,21-22H,9-16,18H2,1-4H3,(H,35,39)(H2,32,33,34,36). The average molecular weight is 576 g/mol. The Morgan fingerprint density at radius 2 is 1.67 bits per heavy atom. The summed E-state index contributed by atoms with van der Waals surface area (Å²) in [5.41, 5.74) is 2.24. The third kappa shape index (κ3) is 7.07. The van der Waals surface area contributed by atoms with Gasteiger partial charge in [-0.25, -0.2) is 14.8 Å². The van der Waals surface area contributed by atoms with Crippen molar-refractivity contribution in [3.8, 4) is 0 Å². The number of amides is 2. The van der Waals surface area contributed by atoms with Gasteiger partial charge in [-0.2, -0.15) is 0 Å². The van der Waals surface area contributed by atoms with E-state index >= 15 is 0 Å². The fraction of sp³-hybridized carbons (Fsp3) is 0.516. The lowest BCUT2D eigenvalue weighted by Gasteiger charge is -2.35. The molecule has 2 amide bonds. The van der Waals surface area contributed by atoms with Crippen molar-refractivity contribution >= 4 is 34.6 Å². The third-order valence-corrected chi connectivity index (χ3v) is 7.93. The van der Waals surface area contributed by atoms with E-state index in [9.17, 15) is 14.4 Å². The molecule has 5 rings (SSSR count). The van der Waals surface area contributed by atoms with Crippen molar-refractivity contribution in [1.82, 2.24) is 30.1 Å². The molecule has 1 saturated heterocycles. The van der Waals surface area contributed by atoms with Crippen molar-refractivity contribution in [3.63, 3.8) is 0 Å². The highest BCUT2D eigenvalue weighted by Gasteiger charge is 2.28. The van der Waals surface area contributed by atoms with Crippen LogP contribution in [-0.2, 0) is 9.53 Å². The van der Waals surface area contributed by atoms with E-state index < -0.39 is 5.60 Å². The summed E-state index contributed by atoms with van der Waals surface area (Å²) in [4.78, 5) is 54.2. The first kappa shape index (κ1) is 29.5. The zero-order valence-corrected chi connectivity index (χ0v) is 24.9. The van der Waals surface area contributed by atoms with E-state index in [0.717, 1.165) is 31.2 Å². The molecule has 0 spiro atoms. The van der Waals surface area contributed by atoms with Gasteiger partial charge in [-0.15, -0.1) is 0 Å². The van der Waals surface area contributed by atoms with E-state index in [0.29, 0.717) is 60.7 Å². The van der Waals surface area contributed by atoms with Crippen LogP contribution in [0.4, 0.5) is 10.6 Å². The number of aromatic nitrogens is 3. The lowest BCUT2D eigenvalue weighted by Crippen LogP contribution is -2.53.